The largest absolute Gasteiger partial charge is 0.481 e. The summed E-state index contributed by atoms with van der Waals surface area (Å²) in [4.78, 5) is 31.1. The van der Waals surface area contributed by atoms with Crippen LogP contribution in [0, 0.1) is 12.8 Å². The van der Waals surface area contributed by atoms with Crippen molar-refractivity contribution < 1.29 is 14.7 Å². The molecule has 6 heteroatoms. The summed E-state index contributed by atoms with van der Waals surface area (Å²) in [5.74, 6) is -1.42. The number of hydrogen-bond donors (Lipinski definition) is 1. The molecule has 0 radical (unpaired) electrons. The number of aliphatic carboxylic acids is 1. The van der Waals surface area contributed by atoms with Gasteiger partial charge in [0, 0.05) is 13.1 Å². The van der Waals surface area contributed by atoms with Crippen LogP contribution in [-0.2, 0) is 4.79 Å². The molecule has 0 spiro atoms. The molecule has 1 amide bonds. The first-order valence-electron chi connectivity index (χ1n) is 7.60. The van der Waals surface area contributed by atoms with Gasteiger partial charge in [-0.1, -0.05) is 6.07 Å². The van der Waals surface area contributed by atoms with E-state index in [2.05, 4.69) is 4.98 Å². The van der Waals surface area contributed by atoms with Crippen LogP contribution >= 0.6 is 11.3 Å². The van der Waals surface area contributed by atoms with Crippen molar-refractivity contribution in [3.05, 3.63) is 40.9 Å². The van der Waals surface area contributed by atoms with Crippen molar-refractivity contribution in [1.82, 2.24) is 9.88 Å². The van der Waals surface area contributed by atoms with Crippen molar-refractivity contribution in [2.75, 3.05) is 13.1 Å². The molecular weight excluding hydrogens is 312 g/mol. The Hall–Kier alpha value is -2.21. The first kappa shape index (κ1) is 15.7. The highest BCUT2D eigenvalue weighted by Gasteiger charge is 2.29. The van der Waals surface area contributed by atoms with Gasteiger partial charge in [0.15, 0.2) is 0 Å². The Bertz CT molecular complexity index is 727. The zero-order valence-electron chi connectivity index (χ0n) is 12.9. The topological polar surface area (TPSA) is 70.5 Å². The first-order chi connectivity index (χ1) is 11.1. The van der Waals surface area contributed by atoms with Crippen molar-refractivity contribution in [2.24, 2.45) is 5.92 Å². The van der Waals surface area contributed by atoms with E-state index in [1.165, 1.54) is 0 Å². The molecule has 5 nitrogen and oxygen atoms in total. The van der Waals surface area contributed by atoms with Crippen molar-refractivity contribution in [3.63, 3.8) is 0 Å². The highest BCUT2D eigenvalue weighted by molar-refractivity contribution is 7.13. The van der Waals surface area contributed by atoms with E-state index in [-0.39, 0.29) is 12.5 Å². The van der Waals surface area contributed by atoms with Crippen molar-refractivity contribution in [2.45, 2.75) is 19.8 Å². The molecule has 1 aliphatic heterocycles. The number of carbonyl (C=O) groups is 2. The van der Waals surface area contributed by atoms with Gasteiger partial charge in [-0.15, -0.1) is 11.3 Å². The highest BCUT2D eigenvalue weighted by atomic mass is 32.1. The Kier molecular flexibility index (Phi) is 4.43. The van der Waals surface area contributed by atoms with Gasteiger partial charge in [-0.3, -0.25) is 14.6 Å². The van der Waals surface area contributed by atoms with Crippen LogP contribution in [-0.4, -0.2) is 40.0 Å². The fourth-order valence-corrected chi connectivity index (χ4v) is 3.58. The van der Waals surface area contributed by atoms with Crippen LogP contribution in [0.2, 0.25) is 0 Å². The minimum atomic E-state index is -0.828. The number of piperidine rings is 1. The van der Waals surface area contributed by atoms with E-state index in [1.807, 2.05) is 30.5 Å². The number of rotatable bonds is 3. The number of aromatic nitrogens is 1. The molecule has 0 aliphatic carbocycles. The lowest BCUT2D eigenvalue weighted by molar-refractivity contribution is -0.143. The molecule has 1 unspecified atom stereocenters. The lowest BCUT2D eigenvalue weighted by Gasteiger charge is -2.31. The Labute approximate surface area is 138 Å². The standard InChI is InChI=1S/C17H18N2O3S/c1-11-13(6-7-14(18-11)15-5-3-9-23-15)16(20)19-8-2-4-12(10-19)17(21)22/h3,5-7,9,12H,2,4,8,10H2,1H3,(H,21,22). The van der Waals surface area contributed by atoms with Crippen LogP contribution in [0.1, 0.15) is 28.9 Å². The van der Waals surface area contributed by atoms with Gasteiger partial charge in [-0.05, 0) is 43.3 Å². The van der Waals surface area contributed by atoms with Crippen molar-refractivity contribution >= 4 is 23.2 Å². The fourth-order valence-electron chi connectivity index (χ4n) is 2.88. The predicted molar refractivity (Wildman–Crippen MR) is 88.6 cm³/mol. The van der Waals surface area contributed by atoms with E-state index in [0.29, 0.717) is 24.2 Å². The van der Waals surface area contributed by atoms with Crippen LogP contribution < -0.4 is 0 Å². The van der Waals surface area contributed by atoms with E-state index < -0.39 is 11.9 Å². The maximum absolute atomic E-state index is 12.7. The summed E-state index contributed by atoms with van der Waals surface area (Å²) in [6.45, 7) is 2.71. The van der Waals surface area contributed by atoms with Gasteiger partial charge < -0.3 is 10.0 Å². The van der Waals surface area contributed by atoms with E-state index in [1.54, 1.807) is 22.3 Å². The average molecular weight is 330 g/mol. The molecular formula is C17H18N2O3S. The van der Waals surface area contributed by atoms with Gasteiger partial charge in [-0.25, -0.2) is 0 Å². The zero-order chi connectivity index (χ0) is 16.4. The molecule has 120 valence electrons. The van der Waals surface area contributed by atoms with E-state index in [9.17, 15) is 9.59 Å². The van der Waals surface area contributed by atoms with Gasteiger partial charge in [0.05, 0.1) is 27.7 Å². The summed E-state index contributed by atoms with van der Waals surface area (Å²) in [7, 11) is 0. The number of hydrogen-bond acceptors (Lipinski definition) is 4. The van der Waals surface area contributed by atoms with Gasteiger partial charge in [0.25, 0.3) is 5.91 Å². The van der Waals surface area contributed by atoms with Gasteiger partial charge in [0.2, 0.25) is 0 Å². The minimum Gasteiger partial charge on any atom is -0.481 e. The molecule has 0 aromatic carbocycles. The van der Waals surface area contributed by atoms with Gasteiger partial charge in [0.1, 0.15) is 0 Å². The Balaban J connectivity index is 1.81. The van der Waals surface area contributed by atoms with Crippen molar-refractivity contribution in [3.8, 4) is 10.6 Å². The van der Waals surface area contributed by atoms with Crippen LogP contribution in [0.4, 0.5) is 0 Å². The monoisotopic (exact) mass is 330 g/mol. The maximum Gasteiger partial charge on any atom is 0.308 e. The predicted octanol–water partition coefficient (Wildman–Crippen LogP) is 3.06. The first-order valence-corrected chi connectivity index (χ1v) is 8.48. The summed E-state index contributed by atoms with van der Waals surface area (Å²) in [6, 6.07) is 7.61. The lowest BCUT2D eigenvalue weighted by Crippen LogP contribution is -2.42. The van der Waals surface area contributed by atoms with Crippen LogP contribution in [0.25, 0.3) is 10.6 Å². The van der Waals surface area contributed by atoms with E-state index in [4.69, 9.17) is 5.11 Å². The molecule has 23 heavy (non-hydrogen) atoms. The number of carboxylic acids is 1. The third kappa shape index (κ3) is 3.27. The molecule has 3 rings (SSSR count). The van der Waals surface area contributed by atoms with Crippen LogP contribution in [0.3, 0.4) is 0 Å². The third-order valence-corrected chi connectivity index (χ3v) is 5.04. The third-order valence-electron chi connectivity index (χ3n) is 4.15. The number of nitrogens with zero attached hydrogens (tertiary/aromatic N) is 2. The normalized spacial score (nSPS) is 18.0. The summed E-state index contributed by atoms with van der Waals surface area (Å²) in [6.07, 6.45) is 1.36. The SMILES string of the molecule is Cc1nc(-c2cccs2)ccc1C(=O)N1CCCC(C(=O)O)C1. The number of amides is 1. The molecule has 1 N–H and O–H groups in total. The quantitative estimate of drug-likeness (QED) is 0.939. The van der Waals surface area contributed by atoms with Gasteiger partial charge >= 0.3 is 5.97 Å². The number of carbonyl (C=O) groups excluding carboxylic acids is 1. The smallest absolute Gasteiger partial charge is 0.308 e. The number of pyridine rings is 1. The van der Waals surface area contributed by atoms with Crippen molar-refractivity contribution in [1.29, 1.82) is 0 Å². The second-order valence-corrected chi connectivity index (χ2v) is 6.68. The molecule has 1 fully saturated rings. The van der Waals surface area contributed by atoms with Crippen LogP contribution in [0.15, 0.2) is 29.6 Å². The maximum atomic E-state index is 12.7. The summed E-state index contributed by atoms with van der Waals surface area (Å²) < 4.78 is 0. The summed E-state index contributed by atoms with van der Waals surface area (Å²) >= 11 is 1.61. The number of carboxylic acid groups (broad SMARTS) is 1. The number of aryl methyl sites for hydroxylation is 1. The number of likely N-dealkylation sites (tertiary alicyclic amines) is 1. The Morgan fingerprint density at radius 3 is 2.83 bits per heavy atom. The highest BCUT2D eigenvalue weighted by Crippen LogP contribution is 2.25. The molecule has 1 aliphatic rings. The molecule has 2 aromatic rings. The minimum absolute atomic E-state index is 0.126. The second kappa shape index (κ2) is 6.50. The molecule has 2 aromatic heterocycles. The Morgan fingerprint density at radius 2 is 2.17 bits per heavy atom. The van der Waals surface area contributed by atoms with E-state index in [0.717, 1.165) is 17.0 Å². The summed E-state index contributed by atoms with van der Waals surface area (Å²) in [5, 5.41) is 11.1. The summed E-state index contributed by atoms with van der Waals surface area (Å²) in [5.41, 5.74) is 2.09. The lowest BCUT2D eigenvalue weighted by atomic mass is 9.97. The molecule has 1 saturated heterocycles. The second-order valence-electron chi connectivity index (χ2n) is 5.74. The number of thiophene rings is 1. The van der Waals surface area contributed by atoms with E-state index >= 15 is 0 Å². The average Bonchev–Trinajstić information content (AvgIpc) is 3.08. The van der Waals surface area contributed by atoms with Gasteiger partial charge in [-0.2, -0.15) is 0 Å². The zero-order valence-corrected chi connectivity index (χ0v) is 13.7. The molecule has 1 atom stereocenters. The van der Waals surface area contributed by atoms with Crippen LogP contribution in [0.5, 0.6) is 0 Å². The molecule has 0 bridgehead atoms. The Morgan fingerprint density at radius 1 is 1.35 bits per heavy atom. The molecule has 0 saturated carbocycles. The fraction of sp³-hybridized carbons (Fsp3) is 0.353. The molecule has 3 heterocycles.